The zero-order chi connectivity index (χ0) is 15.5. The third kappa shape index (κ3) is 3.69. The average molecular weight is 309 g/mol. The molecule has 2 atom stereocenters. The van der Waals surface area contributed by atoms with Crippen molar-refractivity contribution < 1.29 is 13.2 Å². The Hall–Kier alpha value is -1.70. The molecule has 1 aliphatic rings. The second-order valence-electron chi connectivity index (χ2n) is 4.88. The van der Waals surface area contributed by atoms with E-state index >= 15 is 0 Å². The summed E-state index contributed by atoms with van der Waals surface area (Å²) < 4.78 is 26.6. The normalized spacial score (nSPS) is 21.4. The number of rotatable bonds is 5. The summed E-state index contributed by atoms with van der Waals surface area (Å²) in [6.45, 7) is 1.98. The summed E-state index contributed by atoms with van der Waals surface area (Å²) in [5.74, 6) is -0.576. The van der Waals surface area contributed by atoms with Gasteiger partial charge < -0.3 is 11.1 Å². The van der Waals surface area contributed by atoms with E-state index in [2.05, 4.69) is 10.0 Å². The predicted octanol–water partition coefficient (Wildman–Crippen LogP) is 0.827. The topological polar surface area (TPSA) is 101 Å². The van der Waals surface area contributed by atoms with Gasteiger partial charge in [-0.2, -0.15) is 0 Å². The molecule has 0 saturated carbocycles. The molecule has 2 unspecified atom stereocenters. The first-order chi connectivity index (χ1) is 9.94. The first-order valence-electron chi connectivity index (χ1n) is 6.77. The Balaban J connectivity index is 2.21. The molecule has 0 radical (unpaired) electrons. The third-order valence-corrected chi connectivity index (χ3v) is 4.83. The van der Waals surface area contributed by atoms with E-state index in [0.717, 1.165) is 0 Å². The van der Waals surface area contributed by atoms with Crippen LogP contribution in [0, 0.1) is 5.92 Å². The maximum Gasteiger partial charge on any atom is 0.242 e. The Kier molecular flexibility index (Phi) is 4.76. The highest BCUT2D eigenvalue weighted by Crippen LogP contribution is 2.23. The Morgan fingerprint density at radius 1 is 1.33 bits per heavy atom. The number of benzene rings is 1. The van der Waals surface area contributed by atoms with Crippen LogP contribution in [0.25, 0.3) is 0 Å². The lowest BCUT2D eigenvalue weighted by Gasteiger charge is -2.14. The van der Waals surface area contributed by atoms with Crippen LogP contribution in [-0.2, 0) is 14.8 Å². The van der Waals surface area contributed by atoms with E-state index in [-0.39, 0.29) is 35.0 Å². The van der Waals surface area contributed by atoms with E-state index in [1.807, 2.05) is 0 Å². The number of para-hydroxylation sites is 1. The molecule has 0 aliphatic heterocycles. The lowest BCUT2D eigenvalue weighted by molar-refractivity contribution is -0.118. The molecule has 0 heterocycles. The second kappa shape index (κ2) is 6.38. The highest BCUT2D eigenvalue weighted by molar-refractivity contribution is 7.89. The van der Waals surface area contributed by atoms with Crippen LogP contribution in [0.3, 0.4) is 0 Å². The van der Waals surface area contributed by atoms with E-state index < -0.39 is 10.0 Å². The van der Waals surface area contributed by atoms with E-state index in [1.165, 1.54) is 6.07 Å². The van der Waals surface area contributed by atoms with Gasteiger partial charge in [0.15, 0.2) is 0 Å². The number of amides is 1. The van der Waals surface area contributed by atoms with Gasteiger partial charge >= 0.3 is 0 Å². The van der Waals surface area contributed by atoms with Crippen LogP contribution in [0.2, 0.25) is 0 Å². The van der Waals surface area contributed by atoms with Gasteiger partial charge in [-0.3, -0.25) is 4.79 Å². The van der Waals surface area contributed by atoms with Crippen molar-refractivity contribution in [2.24, 2.45) is 11.7 Å². The molecule has 4 N–H and O–H groups in total. The first-order valence-corrected chi connectivity index (χ1v) is 8.26. The summed E-state index contributed by atoms with van der Waals surface area (Å²) in [5, 5.41) is 2.67. The minimum atomic E-state index is -3.63. The lowest BCUT2D eigenvalue weighted by Crippen LogP contribution is -2.27. The fraction of sp³-hybridized carbons (Fsp3) is 0.357. The standard InChI is InChI=1S/C14H19N3O3S/c1-2-16-21(19,20)13-6-4-3-5-12(13)17-14(18)10-7-8-11(15)9-10/h3-8,10-11,16H,2,9,15H2,1H3,(H,17,18). The lowest BCUT2D eigenvalue weighted by atomic mass is 10.1. The van der Waals surface area contributed by atoms with Gasteiger partial charge in [-0.05, 0) is 18.6 Å². The summed E-state index contributed by atoms with van der Waals surface area (Å²) in [6, 6.07) is 6.20. The summed E-state index contributed by atoms with van der Waals surface area (Å²) in [6.07, 6.45) is 4.07. The summed E-state index contributed by atoms with van der Waals surface area (Å²) in [5.41, 5.74) is 6.00. The minimum absolute atomic E-state index is 0.0616. The van der Waals surface area contributed by atoms with Gasteiger partial charge in [-0.25, -0.2) is 13.1 Å². The molecule has 0 saturated heterocycles. The van der Waals surface area contributed by atoms with Crippen LogP contribution in [0.1, 0.15) is 13.3 Å². The van der Waals surface area contributed by atoms with E-state index in [9.17, 15) is 13.2 Å². The SMILES string of the molecule is CCNS(=O)(=O)c1ccccc1NC(=O)C1C=CC(N)C1. The molecular weight excluding hydrogens is 290 g/mol. The molecule has 1 aromatic rings. The van der Waals surface area contributed by atoms with Crippen molar-refractivity contribution in [2.75, 3.05) is 11.9 Å². The zero-order valence-electron chi connectivity index (χ0n) is 11.7. The first kappa shape index (κ1) is 15.7. The van der Waals surface area contributed by atoms with Crippen LogP contribution in [-0.4, -0.2) is 26.9 Å². The number of hydrogen-bond acceptors (Lipinski definition) is 4. The number of nitrogens with one attached hydrogen (secondary N) is 2. The molecular formula is C14H19N3O3S. The molecule has 0 fully saturated rings. The Morgan fingerprint density at radius 3 is 2.67 bits per heavy atom. The van der Waals surface area contributed by atoms with E-state index in [1.54, 1.807) is 37.3 Å². The average Bonchev–Trinajstić information content (AvgIpc) is 2.86. The van der Waals surface area contributed by atoms with Crippen molar-refractivity contribution in [2.45, 2.75) is 24.3 Å². The number of nitrogens with two attached hydrogens (primary N) is 1. The molecule has 0 aromatic heterocycles. The largest absolute Gasteiger partial charge is 0.324 e. The Morgan fingerprint density at radius 2 is 2.05 bits per heavy atom. The van der Waals surface area contributed by atoms with E-state index in [4.69, 9.17) is 5.73 Å². The molecule has 6 nitrogen and oxygen atoms in total. The molecule has 0 spiro atoms. The van der Waals surface area contributed by atoms with Crippen molar-refractivity contribution in [3.63, 3.8) is 0 Å². The van der Waals surface area contributed by atoms with Crippen molar-refractivity contribution >= 4 is 21.6 Å². The van der Waals surface area contributed by atoms with Gasteiger partial charge in [0.25, 0.3) is 0 Å². The van der Waals surface area contributed by atoms with Crippen LogP contribution >= 0.6 is 0 Å². The van der Waals surface area contributed by atoms with Crippen molar-refractivity contribution in [1.82, 2.24) is 4.72 Å². The molecule has 114 valence electrons. The van der Waals surface area contributed by atoms with E-state index in [0.29, 0.717) is 6.42 Å². The van der Waals surface area contributed by atoms with Gasteiger partial charge in [-0.15, -0.1) is 0 Å². The van der Waals surface area contributed by atoms with Gasteiger partial charge in [0.05, 0.1) is 11.6 Å². The molecule has 1 aliphatic carbocycles. The van der Waals surface area contributed by atoms with Gasteiger partial charge in [0.2, 0.25) is 15.9 Å². The predicted molar refractivity (Wildman–Crippen MR) is 81.2 cm³/mol. The molecule has 7 heteroatoms. The minimum Gasteiger partial charge on any atom is -0.324 e. The smallest absolute Gasteiger partial charge is 0.242 e. The van der Waals surface area contributed by atoms with Crippen molar-refractivity contribution in [3.05, 3.63) is 36.4 Å². The summed E-state index contributed by atoms with van der Waals surface area (Å²) >= 11 is 0. The molecule has 0 bridgehead atoms. The van der Waals surface area contributed by atoms with Gasteiger partial charge in [-0.1, -0.05) is 31.2 Å². The van der Waals surface area contributed by atoms with Gasteiger partial charge in [0.1, 0.15) is 4.90 Å². The fourth-order valence-electron chi connectivity index (χ4n) is 2.22. The molecule has 1 amide bonds. The number of carbonyl (C=O) groups is 1. The van der Waals surface area contributed by atoms with Crippen LogP contribution in [0.5, 0.6) is 0 Å². The highest BCUT2D eigenvalue weighted by Gasteiger charge is 2.25. The van der Waals surface area contributed by atoms with Crippen LogP contribution in [0.4, 0.5) is 5.69 Å². The number of hydrogen-bond donors (Lipinski definition) is 3. The maximum atomic E-state index is 12.2. The Bertz CT molecular complexity index is 655. The maximum absolute atomic E-state index is 12.2. The number of sulfonamides is 1. The van der Waals surface area contributed by atoms with Crippen molar-refractivity contribution in [1.29, 1.82) is 0 Å². The quantitative estimate of drug-likeness (QED) is 0.701. The molecule has 21 heavy (non-hydrogen) atoms. The third-order valence-electron chi connectivity index (χ3n) is 3.22. The highest BCUT2D eigenvalue weighted by atomic mass is 32.2. The number of anilines is 1. The second-order valence-corrected chi connectivity index (χ2v) is 6.61. The van der Waals surface area contributed by atoms with Crippen LogP contribution < -0.4 is 15.8 Å². The summed E-state index contributed by atoms with van der Waals surface area (Å²) in [7, 11) is -3.63. The van der Waals surface area contributed by atoms with Crippen LogP contribution in [0.15, 0.2) is 41.3 Å². The Labute approximate surface area is 124 Å². The van der Waals surface area contributed by atoms with Gasteiger partial charge in [0, 0.05) is 12.6 Å². The fourth-order valence-corrected chi connectivity index (χ4v) is 3.42. The van der Waals surface area contributed by atoms with Crippen molar-refractivity contribution in [3.8, 4) is 0 Å². The number of carbonyl (C=O) groups excluding carboxylic acids is 1. The monoisotopic (exact) mass is 309 g/mol. The summed E-state index contributed by atoms with van der Waals surface area (Å²) in [4.78, 5) is 12.2. The molecule has 1 aromatic carbocycles. The zero-order valence-corrected chi connectivity index (χ0v) is 12.6. The molecule has 2 rings (SSSR count).